The van der Waals surface area contributed by atoms with E-state index in [9.17, 15) is 0 Å². The van der Waals surface area contributed by atoms with Crippen LogP contribution in [-0.4, -0.2) is 12.1 Å². The molecule has 0 aliphatic rings. The zero-order chi connectivity index (χ0) is 12.4. The van der Waals surface area contributed by atoms with Crippen LogP contribution in [0.3, 0.4) is 0 Å². The number of rotatable bonds is 3. The first-order chi connectivity index (χ1) is 8.19. The van der Waals surface area contributed by atoms with Crippen molar-refractivity contribution in [2.75, 3.05) is 7.11 Å². The van der Waals surface area contributed by atoms with Gasteiger partial charge >= 0.3 is 0 Å². The number of fused-ring (bicyclic) bond motifs is 1. The number of aromatic amines is 1. The van der Waals surface area contributed by atoms with Crippen molar-refractivity contribution in [3.63, 3.8) is 0 Å². The number of hydrogen-bond acceptors (Lipinski definition) is 2. The average molecular weight is 249 g/mol. The smallest absolute Gasteiger partial charge is 0.128 e. The van der Waals surface area contributed by atoms with Gasteiger partial charge in [-0.2, -0.15) is 5.26 Å². The Labute approximate surface area is 105 Å². The number of aromatic nitrogens is 1. The SMILES string of the molecule is COc1ccc(Cl)c2[nH]c(C)c(CCC#N)c12. The highest BCUT2D eigenvalue weighted by Crippen LogP contribution is 2.35. The molecule has 0 fully saturated rings. The quantitative estimate of drug-likeness (QED) is 0.902. The van der Waals surface area contributed by atoms with Crippen molar-refractivity contribution in [2.45, 2.75) is 19.8 Å². The van der Waals surface area contributed by atoms with Crippen LogP contribution in [0.2, 0.25) is 5.02 Å². The third-order valence-electron chi connectivity index (χ3n) is 2.89. The van der Waals surface area contributed by atoms with Crippen molar-refractivity contribution < 1.29 is 4.74 Å². The lowest BCUT2D eigenvalue weighted by molar-refractivity contribution is 0.419. The molecule has 2 rings (SSSR count). The lowest BCUT2D eigenvalue weighted by atomic mass is 10.1. The maximum Gasteiger partial charge on any atom is 0.128 e. The lowest BCUT2D eigenvalue weighted by Crippen LogP contribution is -1.89. The zero-order valence-corrected chi connectivity index (χ0v) is 10.6. The van der Waals surface area contributed by atoms with Crippen molar-refractivity contribution >= 4 is 22.5 Å². The standard InChI is InChI=1S/C13H13ClN2O/c1-8-9(4-3-7-15)12-11(17-2)6-5-10(14)13(12)16-8/h5-6,16H,3-4H2,1-2H3. The molecule has 0 saturated heterocycles. The number of nitrogens with zero attached hydrogens (tertiary/aromatic N) is 1. The molecule has 1 heterocycles. The summed E-state index contributed by atoms with van der Waals surface area (Å²) in [5.74, 6) is 0.793. The fraction of sp³-hybridized carbons (Fsp3) is 0.308. The number of ether oxygens (including phenoxy) is 1. The first-order valence-corrected chi connectivity index (χ1v) is 5.77. The second-order valence-electron chi connectivity index (χ2n) is 3.89. The summed E-state index contributed by atoms with van der Waals surface area (Å²) in [6.45, 7) is 1.99. The van der Waals surface area contributed by atoms with Gasteiger partial charge in [0.15, 0.2) is 0 Å². The molecule has 1 N–H and O–H groups in total. The molecule has 0 amide bonds. The Morgan fingerprint density at radius 1 is 1.47 bits per heavy atom. The fourth-order valence-corrected chi connectivity index (χ4v) is 2.30. The van der Waals surface area contributed by atoms with Gasteiger partial charge in [-0.15, -0.1) is 0 Å². The second-order valence-corrected chi connectivity index (χ2v) is 4.29. The maximum absolute atomic E-state index is 8.69. The van der Waals surface area contributed by atoms with Crippen molar-refractivity contribution in [1.29, 1.82) is 5.26 Å². The summed E-state index contributed by atoms with van der Waals surface area (Å²) >= 11 is 6.15. The molecule has 88 valence electrons. The Balaban J connectivity index is 2.69. The molecule has 0 unspecified atom stereocenters. The third kappa shape index (κ3) is 1.96. The van der Waals surface area contributed by atoms with E-state index in [1.54, 1.807) is 7.11 Å². The van der Waals surface area contributed by atoms with Gasteiger partial charge in [0.1, 0.15) is 5.75 Å². The van der Waals surface area contributed by atoms with Crippen molar-refractivity contribution in [3.8, 4) is 11.8 Å². The average Bonchev–Trinajstić information content (AvgIpc) is 2.65. The number of hydrogen-bond donors (Lipinski definition) is 1. The molecule has 3 nitrogen and oxygen atoms in total. The van der Waals surface area contributed by atoms with Gasteiger partial charge in [-0.05, 0) is 31.0 Å². The zero-order valence-electron chi connectivity index (χ0n) is 9.80. The van der Waals surface area contributed by atoms with E-state index >= 15 is 0 Å². The van der Waals surface area contributed by atoms with Gasteiger partial charge < -0.3 is 9.72 Å². The van der Waals surface area contributed by atoms with E-state index in [0.29, 0.717) is 17.9 Å². The first-order valence-electron chi connectivity index (χ1n) is 5.39. The molecular weight excluding hydrogens is 236 g/mol. The molecule has 0 spiro atoms. The van der Waals surface area contributed by atoms with E-state index in [1.165, 1.54) is 0 Å². The minimum absolute atomic E-state index is 0.490. The molecule has 1 aromatic carbocycles. The number of benzene rings is 1. The van der Waals surface area contributed by atoms with Gasteiger partial charge in [0.05, 0.1) is 23.7 Å². The van der Waals surface area contributed by atoms with Crippen molar-refractivity contribution in [2.24, 2.45) is 0 Å². The Kier molecular flexibility index (Phi) is 3.26. The second kappa shape index (κ2) is 4.68. The van der Waals surface area contributed by atoms with Gasteiger partial charge in [-0.1, -0.05) is 11.6 Å². The van der Waals surface area contributed by atoms with Gasteiger partial charge in [0.25, 0.3) is 0 Å². The van der Waals surface area contributed by atoms with Crippen LogP contribution in [0.1, 0.15) is 17.7 Å². The number of aryl methyl sites for hydroxylation is 2. The molecule has 1 aromatic heterocycles. The molecule has 0 saturated carbocycles. The molecule has 17 heavy (non-hydrogen) atoms. The number of methoxy groups -OCH3 is 1. The van der Waals surface area contributed by atoms with E-state index in [4.69, 9.17) is 21.6 Å². The summed E-state index contributed by atoms with van der Waals surface area (Å²) in [6.07, 6.45) is 1.20. The van der Waals surface area contributed by atoms with Crippen LogP contribution in [0.4, 0.5) is 0 Å². The van der Waals surface area contributed by atoms with E-state index in [-0.39, 0.29) is 0 Å². The summed E-state index contributed by atoms with van der Waals surface area (Å²) in [7, 11) is 1.64. The molecule has 4 heteroatoms. The molecule has 2 aromatic rings. The normalized spacial score (nSPS) is 10.5. The third-order valence-corrected chi connectivity index (χ3v) is 3.20. The van der Waals surface area contributed by atoms with E-state index < -0.39 is 0 Å². The number of H-pyrrole nitrogens is 1. The summed E-state index contributed by atoms with van der Waals surface area (Å²) in [5.41, 5.74) is 3.04. The Bertz CT molecular complexity index is 595. The van der Waals surface area contributed by atoms with E-state index in [0.717, 1.165) is 27.9 Å². The summed E-state index contributed by atoms with van der Waals surface area (Å²) < 4.78 is 5.35. The van der Waals surface area contributed by atoms with Crippen LogP contribution in [0, 0.1) is 18.3 Å². The molecular formula is C13H13ClN2O. The molecule has 0 aliphatic carbocycles. The minimum atomic E-state index is 0.490. The largest absolute Gasteiger partial charge is 0.496 e. The molecule has 0 aliphatic heterocycles. The topological polar surface area (TPSA) is 48.8 Å². The fourth-order valence-electron chi connectivity index (χ4n) is 2.09. The predicted molar refractivity (Wildman–Crippen MR) is 68.5 cm³/mol. The van der Waals surface area contributed by atoms with Crippen LogP contribution >= 0.6 is 11.6 Å². The van der Waals surface area contributed by atoms with Crippen LogP contribution < -0.4 is 4.74 Å². The van der Waals surface area contributed by atoms with Crippen molar-refractivity contribution in [3.05, 3.63) is 28.4 Å². The van der Waals surface area contributed by atoms with Crippen LogP contribution in [0.15, 0.2) is 12.1 Å². The van der Waals surface area contributed by atoms with Gasteiger partial charge in [0.2, 0.25) is 0 Å². The highest BCUT2D eigenvalue weighted by molar-refractivity contribution is 6.35. The molecule has 0 radical (unpaired) electrons. The minimum Gasteiger partial charge on any atom is -0.496 e. The Morgan fingerprint density at radius 3 is 2.88 bits per heavy atom. The van der Waals surface area contributed by atoms with Gasteiger partial charge in [-0.25, -0.2) is 0 Å². The number of nitrogens with one attached hydrogen (secondary N) is 1. The van der Waals surface area contributed by atoms with Crippen LogP contribution in [-0.2, 0) is 6.42 Å². The van der Waals surface area contributed by atoms with Crippen LogP contribution in [0.25, 0.3) is 10.9 Å². The number of nitriles is 1. The van der Waals surface area contributed by atoms with E-state index in [1.807, 2.05) is 19.1 Å². The predicted octanol–water partition coefficient (Wildman–Crippen LogP) is 3.59. The first kappa shape index (κ1) is 11.8. The number of halogens is 1. The van der Waals surface area contributed by atoms with E-state index in [2.05, 4.69) is 11.1 Å². The van der Waals surface area contributed by atoms with Gasteiger partial charge in [-0.3, -0.25) is 0 Å². The molecule has 0 bridgehead atoms. The van der Waals surface area contributed by atoms with Gasteiger partial charge in [0, 0.05) is 17.5 Å². The van der Waals surface area contributed by atoms with Crippen molar-refractivity contribution in [1.82, 2.24) is 4.98 Å². The summed E-state index contributed by atoms with van der Waals surface area (Å²) in [6, 6.07) is 5.83. The Hall–Kier alpha value is -1.66. The van der Waals surface area contributed by atoms with Crippen LogP contribution in [0.5, 0.6) is 5.75 Å². The summed E-state index contributed by atoms with van der Waals surface area (Å²) in [4.78, 5) is 3.26. The summed E-state index contributed by atoms with van der Waals surface area (Å²) in [5, 5.41) is 10.4. The monoisotopic (exact) mass is 248 g/mol. The highest BCUT2D eigenvalue weighted by Gasteiger charge is 2.14. The Morgan fingerprint density at radius 2 is 2.24 bits per heavy atom. The maximum atomic E-state index is 8.69. The molecule has 0 atom stereocenters. The lowest BCUT2D eigenvalue weighted by Gasteiger charge is -2.05. The highest BCUT2D eigenvalue weighted by atomic mass is 35.5.